The summed E-state index contributed by atoms with van der Waals surface area (Å²) in [7, 11) is 1.65. The van der Waals surface area contributed by atoms with Crippen LogP contribution in [0.3, 0.4) is 0 Å². The van der Waals surface area contributed by atoms with Gasteiger partial charge in [-0.2, -0.15) is 0 Å². The zero-order chi connectivity index (χ0) is 18.6. The van der Waals surface area contributed by atoms with Crippen molar-refractivity contribution >= 4 is 5.78 Å². The number of carbonyl (C=O) groups is 1. The SMILES string of the molecule is COc1ncccc1CN1CCC(CC(=O)c2ccc3c(c2)OCO3)CC1. The molecule has 3 heterocycles. The number of likely N-dealkylation sites (tertiary alicyclic amines) is 1. The molecule has 0 atom stereocenters. The summed E-state index contributed by atoms with van der Waals surface area (Å²) in [6, 6.07) is 9.45. The van der Waals surface area contributed by atoms with Crippen molar-refractivity contribution in [2.75, 3.05) is 27.0 Å². The molecule has 2 aromatic rings. The lowest BCUT2D eigenvalue weighted by molar-refractivity contribution is 0.0924. The molecule has 142 valence electrons. The lowest BCUT2D eigenvalue weighted by Crippen LogP contribution is -2.34. The number of piperidine rings is 1. The van der Waals surface area contributed by atoms with Gasteiger partial charge in [0.1, 0.15) is 0 Å². The van der Waals surface area contributed by atoms with Crippen LogP contribution in [0.1, 0.15) is 35.2 Å². The first-order valence-corrected chi connectivity index (χ1v) is 9.36. The Kier molecular flexibility index (Phi) is 5.25. The Labute approximate surface area is 159 Å². The highest BCUT2D eigenvalue weighted by Crippen LogP contribution is 2.33. The molecule has 27 heavy (non-hydrogen) atoms. The van der Waals surface area contributed by atoms with Gasteiger partial charge in [-0.25, -0.2) is 4.98 Å². The summed E-state index contributed by atoms with van der Waals surface area (Å²) in [5, 5.41) is 0. The topological polar surface area (TPSA) is 60.9 Å². The van der Waals surface area contributed by atoms with E-state index in [1.807, 2.05) is 18.2 Å². The summed E-state index contributed by atoms with van der Waals surface area (Å²) in [5.41, 5.74) is 1.82. The Morgan fingerprint density at radius 3 is 2.85 bits per heavy atom. The van der Waals surface area contributed by atoms with Crippen LogP contribution in [0, 0.1) is 5.92 Å². The van der Waals surface area contributed by atoms with Crippen LogP contribution in [0.2, 0.25) is 0 Å². The molecule has 1 aromatic carbocycles. The fourth-order valence-electron chi connectivity index (χ4n) is 3.77. The number of hydrogen-bond acceptors (Lipinski definition) is 6. The van der Waals surface area contributed by atoms with Gasteiger partial charge in [0.25, 0.3) is 0 Å². The van der Waals surface area contributed by atoms with E-state index in [1.54, 1.807) is 19.4 Å². The summed E-state index contributed by atoms with van der Waals surface area (Å²) in [4.78, 5) is 19.3. The van der Waals surface area contributed by atoms with Gasteiger partial charge in [-0.1, -0.05) is 6.07 Å². The van der Waals surface area contributed by atoms with Crippen molar-refractivity contribution in [3.05, 3.63) is 47.7 Å². The highest BCUT2D eigenvalue weighted by Gasteiger charge is 2.24. The molecule has 0 unspecified atom stereocenters. The molecule has 1 aromatic heterocycles. The summed E-state index contributed by atoms with van der Waals surface area (Å²) < 4.78 is 16.0. The number of carbonyl (C=O) groups excluding carboxylic acids is 1. The molecule has 0 saturated carbocycles. The largest absolute Gasteiger partial charge is 0.481 e. The van der Waals surface area contributed by atoms with E-state index in [2.05, 4.69) is 16.0 Å². The van der Waals surface area contributed by atoms with Crippen molar-refractivity contribution in [3.63, 3.8) is 0 Å². The average Bonchev–Trinajstić information content (AvgIpc) is 3.17. The molecule has 6 heteroatoms. The van der Waals surface area contributed by atoms with Crippen LogP contribution in [0.25, 0.3) is 0 Å². The number of ketones is 1. The number of ether oxygens (including phenoxy) is 3. The summed E-state index contributed by atoms with van der Waals surface area (Å²) >= 11 is 0. The molecule has 6 nitrogen and oxygen atoms in total. The second-order valence-corrected chi connectivity index (χ2v) is 7.09. The number of Topliss-reactive ketones (excluding diaryl/α,β-unsaturated/α-hetero) is 1. The van der Waals surface area contributed by atoms with Crippen molar-refractivity contribution in [2.45, 2.75) is 25.8 Å². The van der Waals surface area contributed by atoms with Gasteiger partial charge >= 0.3 is 0 Å². The van der Waals surface area contributed by atoms with E-state index in [-0.39, 0.29) is 12.6 Å². The summed E-state index contributed by atoms with van der Waals surface area (Å²) in [6.07, 6.45) is 4.39. The van der Waals surface area contributed by atoms with E-state index < -0.39 is 0 Å². The third-order valence-electron chi connectivity index (χ3n) is 5.31. The van der Waals surface area contributed by atoms with Crippen LogP contribution in [0.5, 0.6) is 17.4 Å². The number of aromatic nitrogens is 1. The third kappa shape index (κ3) is 4.06. The maximum atomic E-state index is 12.6. The predicted octanol–water partition coefficient (Wildman–Crippen LogP) is 3.30. The first kappa shape index (κ1) is 17.8. The maximum Gasteiger partial charge on any atom is 0.231 e. The second-order valence-electron chi connectivity index (χ2n) is 7.09. The lowest BCUT2D eigenvalue weighted by atomic mass is 9.89. The molecule has 0 aliphatic carbocycles. The predicted molar refractivity (Wildman–Crippen MR) is 100 cm³/mol. The summed E-state index contributed by atoms with van der Waals surface area (Å²) in [5.74, 6) is 2.68. The molecule has 1 saturated heterocycles. The Balaban J connectivity index is 1.30. The standard InChI is InChI=1S/C21H24N2O4/c1-25-21-17(3-2-8-22-21)13-23-9-6-15(7-10-23)11-18(24)16-4-5-19-20(12-16)27-14-26-19/h2-5,8,12,15H,6-7,9-11,13-14H2,1H3. The van der Waals surface area contributed by atoms with E-state index >= 15 is 0 Å². The minimum absolute atomic E-state index is 0.181. The fraction of sp³-hybridized carbons (Fsp3) is 0.429. The second kappa shape index (κ2) is 7.96. The maximum absolute atomic E-state index is 12.6. The molecule has 0 bridgehead atoms. The van der Waals surface area contributed by atoms with Crippen molar-refractivity contribution in [2.24, 2.45) is 5.92 Å². The van der Waals surface area contributed by atoms with Crippen molar-refractivity contribution in [1.82, 2.24) is 9.88 Å². The molecule has 0 spiro atoms. The number of pyridine rings is 1. The number of nitrogens with zero attached hydrogens (tertiary/aromatic N) is 2. The van der Waals surface area contributed by atoms with Crippen molar-refractivity contribution < 1.29 is 19.0 Å². The first-order valence-electron chi connectivity index (χ1n) is 9.36. The Bertz CT molecular complexity index is 816. The van der Waals surface area contributed by atoms with Crippen LogP contribution in [0.4, 0.5) is 0 Å². The van der Waals surface area contributed by atoms with E-state index in [4.69, 9.17) is 14.2 Å². The zero-order valence-electron chi connectivity index (χ0n) is 15.5. The molecule has 4 rings (SSSR count). The van der Waals surface area contributed by atoms with E-state index in [1.165, 1.54) is 0 Å². The van der Waals surface area contributed by atoms with Crippen LogP contribution >= 0.6 is 0 Å². The van der Waals surface area contributed by atoms with Crippen LogP contribution in [-0.2, 0) is 6.54 Å². The molecule has 0 amide bonds. The molecule has 0 N–H and O–H groups in total. The summed E-state index contributed by atoms with van der Waals surface area (Å²) in [6.45, 7) is 3.03. The number of fused-ring (bicyclic) bond motifs is 1. The fourth-order valence-corrected chi connectivity index (χ4v) is 3.77. The monoisotopic (exact) mass is 368 g/mol. The van der Waals surface area contributed by atoms with Gasteiger partial charge in [0.15, 0.2) is 17.3 Å². The van der Waals surface area contributed by atoms with Gasteiger partial charge in [0.2, 0.25) is 12.7 Å². The van der Waals surface area contributed by atoms with Crippen molar-refractivity contribution in [3.8, 4) is 17.4 Å². The van der Waals surface area contributed by atoms with Crippen LogP contribution < -0.4 is 14.2 Å². The highest BCUT2D eigenvalue weighted by molar-refractivity contribution is 5.96. The van der Waals surface area contributed by atoms with Gasteiger partial charge in [0.05, 0.1) is 7.11 Å². The lowest BCUT2D eigenvalue weighted by Gasteiger charge is -2.31. The van der Waals surface area contributed by atoms with Gasteiger partial charge < -0.3 is 14.2 Å². The van der Waals surface area contributed by atoms with Crippen LogP contribution in [0.15, 0.2) is 36.5 Å². The molecule has 2 aliphatic heterocycles. The van der Waals surface area contributed by atoms with Gasteiger partial charge in [-0.05, 0) is 56.1 Å². The molecular weight excluding hydrogens is 344 g/mol. The van der Waals surface area contributed by atoms with Gasteiger partial charge in [0, 0.05) is 30.3 Å². The smallest absolute Gasteiger partial charge is 0.231 e. The Hall–Kier alpha value is -2.60. The minimum atomic E-state index is 0.181. The van der Waals surface area contributed by atoms with E-state index in [0.717, 1.165) is 38.0 Å². The van der Waals surface area contributed by atoms with Crippen molar-refractivity contribution in [1.29, 1.82) is 0 Å². The Morgan fingerprint density at radius 2 is 2.04 bits per heavy atom. The zero-order valence-corrected chi connectivity index (χ0v) is 15.5. The quantitative estimate of drug-likeness (QED) is 0.729. The number of rotatable bonds is 6. The van der Waals surface area contributed by atoms with Gasteiger partial charge in [-0.3, -0.25) is 9.69 Å². The number of methoxy groups -OCH3 is 1. The molecular formula is C21H24N2O4. The van der Waals surface area contributed by atoms with E-state index in [9.17, 15) is 4.79 Å². The highest BCUT2D eigenvalue weighted by atomic mass is 16.7. The Morgan fingerprint density at radius 1 is 1.22 bits per heavy atom. The minimum Gasteiger partial charge on any atom is -0.481 e. The first-order chi connectivity index (χ1) is 13.2. The molecule has 1 fully saturated rings. The van der Waals surface area contributed by atoms with Gasteiger partial charge in [-0.15, -0.1) is 0 Å². The van der Waals surface area contributed by atoms with Crippen LogP contribution in [-0.4, -0.2) is 42.7 Å². The number of hydrogen-bond donors (Lipinski definition) is 0. The third-order valence-corrected chi connectivity index (χ3v) is 5.31. The number of benzene rings is 1. The average molecular weight is 368 g/mol. The molecule has 0 radical (unpaired) electrons. The normalized spacial score (nSPS) is 17.1. The van der Waals surface area contributed by atoms with E-state index in [0.29, 0.717) is 35.3 Å². The molecule has 2 aliphatic rings.